The maximum atomic E-state index is 11.3. The highest BCUT2D eigenvalue weighted by Gasteiger charge is 2.28. The van der Waals surface area contributed by atoms with Crippen LogP contribution in [-0.4, -0.2) is 34.4 Å². The van der Waals surface area contributed by atoms with Crippen molar-refractivity contribution in [3.63, 3.8) is 0 Å². The van der Waals surface area contributed by atoms with Gasteiger partial charge in [-0.3, -0.25) is 4.79 Å². The summed E-state index contributed by atoms with van der Waals surface area (Å²) in [7, 11) is 0. The van der Waals surface area contributed by atoms with Crippen molar-refractivity contribution in [1.82, 2.24) is 4.90 Å². The van der Waals surface area contributed by atoms with E-state index in [1.807, 2.05) is 16.7 Å². The molecule has 0 aliphatic carbocycles. The first kappa shape index (κ1) is 9.65. The number of thioether (sulfide) groups is 1. The molecular formula is C9H15NOS. The fourth-order valence-electron chi connectivity index (χ4n) is 1.33. The molecule has 2 nitrogen and oxygen atoms in total. The second kappa shape index (κ2) is 3.52. The van der Waals surface area contributed by atoms with Gasteiger partial charge in [0.2, 0.25) is 5.91 Å². The summed E-state index contributed by atoms with van der Waals surface area (Å²) < 4.78 is 0.205. The van der Waals surface area contributed by atoms with Crippen LogP contribution in [0.2, 0.25) is 0 Å². The van der Waals surface area contributed by atoms with Gasteiger partial charge in [0.1, 0.15) is 0 Å². The summed E-state index contributed by atoms with van der Waals surface area (Å²) in [6.07, 6.45) is 1.39. The molecule has 1 heterocycles. The van der Waals surface area contributed by atoms with Gasteiger partial charge in [0.25, 0.3) is 0 Å². The minimum atomic E-state index is 0.0587. The molecule has 1 saturated heterocycles. The molecule has 1 aliphatic heterocycles. The van der Waals surface area contributed by atoms with Gasteiger partial charge in [-0.2, -0.15) is 11.8 Å². The first-order chi connectivity index (χ1) is 5.55. The van der Waals surface area contributed by atoms with Gasteiger partial charge in [0.15, 0.2) is 0 Å². The van der Waals surface area contributed by atoms with Crippen LogP contribution in [0.1, 0.15) is 13.8 Å². The average Bonchev–Trinajstić information content (AvgIpc) is 2.01. The van der Waals surface area contributed by atoms with Crippen molar-refractivity contribution in [3.05, 3.63) is 12.7 Å². The summed E-state index contributed by atoms with van der Waals surface area (Å²) in [5, 5.41) is 0. The fourth-order valence-corrected chi connectivity index (χ4v) is 2.45. The lowest BCUT2D eigenvalue weighted by Gasteiger charge is -2.36. The Morgan fingerprint density at radius 2 is 2.33 bits per heavy atom. The van der Waals surface area contributed by atoms with Gasteiger partial charge in [0.05, 0.1) is 0 Å². The second-order valence-corrected chi connectivity index (χ2v) is 5.37. The van der Waals surface area contributed by atoms with Crippen molar-refractivity contribution in [2.75, 3.05) is 18.8 Å². The van der Waals surface area contributed by atoms with Crippen molar-refractivity contribution >= 4 is 17.7 Å². The molecule has 1 rings (SSSR count). The summed E-state index contributed by atoms with van der Waals surface area (Å²) in [5.74, 6) is 1.09. The van der Waals surface area contributed by atoms with Gasteiger partial charge < -0.3 is 4.90 Å². The maximum Gasteiger partial charge on any atom is 0.246 e. The van der Waals surface area contributed by atoms with E-state index in [1.54, 1.807) is 0 Å². The summed E-state index contributed by atoms with van der Waals surface area (Å²) >= 11 is 1.92. The number of rotatable bonds is 1. The van der Waals surface area contributed by atoms with E-state index in [1.165, 1.54) is 6.08 Å². The van der Waals surface area contributed by atoms with Gasteiger partial charge >= 0.3 is 0 Å². The van der Waals surface area contributed by atoms with Gasteiger partial charge in [0, 0.05) is 23.6 Å². The Kier molecular flexibility index (Phi) is 2.83. The normalized spacial score (nSPS) is 22.0. The van der Waals surface area contributed by atoms with Crippen LogP contribution < -0.4 is 0 Å². The highest BCUT2D eigenvalue weighted by atomic mass is 32.2. The third kappa shape index (κ3) is 2.27. The lowest BCUT2D eigenvalue weighted by Crippen LogP contribution is -2.45. The molecule has 0 aromatic rings. The van der Waals surface area contributed by atoms with E-state index in [-0.39, 0.29) is 10.7 Å². The van der Waals surface area contributed by atoms with Gasteiger partial charge in [-0.05, 0) is 19.9 Å². The van der Waals surface area contributed by atoms with E-state index in [2.05, 4.69) is 20.4 Å². The van der Waals surface area contributed by atoms with E-state index < -0.39 is 0 Å². The van der Waals surface area contributed by atoms with Crippen molar-refractivity contribution < 1.29 is 4.79 Å². The third-order valence-corrected chi connectivity index (χ3v) is 3.21. The molecule has 0 atom stereocenters. The Morgan fingerprint density at radius 3 is 2.83 bits per heavy atom. The predicted molar refractivity (Wildman–Crippen MR) is 53.3 cm³/mol. The molecular weight excluding hydrogens is 170 g/mol. The van der Waals surface area contributed by atoms with Crippen LogP contribution in [-0.2, 0) is 4.79 Å². The van der Waals surface area contributed by atoms with Crippen molar-refractivity contribution in [1.29, 1.82) is 0 Å². The van der Waals surface area contributed by atoms with Crippen molar-refractivity contribution in [2.45, 2.75) is 18.6 Å². The Bertz CT molecular complexity index is 201. The minimum Gasteiger partial charge on any atom is -0.337 e. The minimum absolute atomic E-state index is 0.0587. The zero-order valence-electron chi connectivity index (χ0n) is 7.67. The molecule has 0 N–H and O–H groups in total. The van der Waals surface area contributed by atoms with E-state index in [9.17, 15) is 4.79 Å². The number of carbonyl (C=O) groups excluding carboxylic acids is 1. The van der Waals surface area contributed by atoms with Gasteiger partial charge in [-0.1, -0.05) is 6.58 Å². The summed E-state index contributed by atoms with van der Waals surface area (Å²) in [6, 6.07) is 0. The van der Waals surface area contributed by atoms with Crippen LogP contribution in [0.3, 0.4) is 0 Å². The number of amides is 1. The molecule has 0 unspecified atom stereocenters. The smallest absolute Gasteiger partial charge is 0.246 e. The van der Waals surface area contributed by atoms with E-state index in [0.717, 1.165) is 18.8 Å². The first-order valence-electron chi connectivity index (χ1n) is 4.10. The van der Waals surface area contributed by atoms with E-state index >= 15 is 0 Å². The number of nitrogens with zero attached hydrogens (tertiary/aromatic N) is 1. The molecule has 1 fully saturated rings. The Balaban J connectivity index is 2.57. The topological polar surface area (TPSA) is 20.3 Å². The molecule has 1 amide bonds. The quantitative estimate of drug-likeness (QED) is 0.577. The van der Waals surface area contributed by atoms with Crippen LogP contribution in [0, 0.1) is 0 Å². The molecule has 0 saturated carbocycles. The molecule has 3 heteroatoms. The molecule has 0 aromatic heterocycles. The maximum absolute atomic E-state index is 11.3. The molecule has 12 heavy (non-hydrogen) atoms. The number of carbonyl (C=O) groups is 1. The highest BCUT2D eigenvalue weighted by molar-refractivity contribution is 8.00. The fraction of sp³-hybridized carbons (Fsp3) is 0.667. The van der Waals surface area contributed by atoms with Crippen LogP contribution in [0.15, 0.2) is 12.7 Å². The van der Waals surface area contributed by atoms with E-state index in [4.69, 9.17) is 0 Å². The SMILES string of the molecule is C=CC(=O)N1CCSC(C)(C)C1. The van der Waals surface area contributed by atoms with Gasteiger partial charge in [-0.25, -0.2) is 0 Å². The molecule has 0 bridgehead atoms. The second-order valence-electron chi connectivity index (χ2n) is 3.57. The average molecular weight is 185 g/mol. The molecule has 0 spiro atoms. The van der Waals surface area contributed by atoms with Gasteiger partial charge in [-0.15, -0.1) is 0 Å². The summed E-state index contributed by atoms with van der Waals surface area (Å²) in [6.45, 7) is 9.52. The summed E-state index contributed by atoms with van der Waals surface area (Å²) in [4.78, 5) is 13.1. The first-order valence-corrected chi connectivity index (χ1v) is 5.09. The Morgan fingerprint density at radius 1 is 1.67 bits per heavy atom. The Labute approximate surface area is 78.0 Å². The van der Waals surface area contributed by atoms with Crippen LogP contribution in [0.25, 0.3) is 0 Å². The monoisotopic (exact) mass is 185 g/mol. The van der Waals surface area contributed by atoms with Crippen molar-refractivity contribution in [3.8, 4) is 0 Å². The molecule has 1 aliphatic rings. The standard InChI is InChI=1S/C9H15NOS/c1-4-8(11)10-5-6-12-9(2,3)7-10/h4H,1,5-7H2,2-3H3. The van der Waals surface area contributed by atoms with E-state index in [0.29, 0.717) is 0 Å². The third-order valence-electron chi connectivity index (χ3n) is 1.91. The lowest BCUT2D eigenvalue weighted by molar-refractivity contribution is -0.126. The lowest BCUT2D eigenvalue weighted by atomic mass is 10.2. The summed E-state index contributed by atoms with van der Waals surface area (Å²) in [5.41, 5.74) is 0. The zero-order chi connectivity index (χ0) is 9.19. The predicted octanol–water partition coefficient (Wildman–Crippen LogP) is 1.53. The number of hydrogen-bond donors (Lipinski definition) is 0. The zero-order valence-corrected chi connectivity index (χ0v) is 8.49. The largest absolute Gasteiger partial charge is 0.337 e. The van der Waals surface area contributed by atoms with Crippen LogP contribution in [0.5, 0.6) is 0 Å². The molecule has 68 valence electrons. The molecule has 0 radical (unpaired) electrons. The van der Waals surface area contributed by atoms with Crippen LogP contribution in [0.4, 0.5) is 0 Å². The molecule has 0 aromatic carbocycles. The Hall–Kier alpha value is -0.440. The highest BCUT2D eigenvalue weighted by Crippen LogP contribution is 2.29. The van der Waals surface area contributed by atoms with Crippen molar-refractivity contribution in [2.24, 2.45) is 0 Å². The van der Waals surface area contributed by atoms with Crippen LogP contribution >= 0.6 is 11.8 Å². The number of hydrogen-bond acceptors (Lipinski definition) is 2.